The fourth-order valence-corrected chi connectivity index (χ4v) is 5.02. The van der Waals surface area contributed by atoms with Crippen molar-refractivity contribution in [2.24, 2.45) is 0 Å². The molecule has 0 spiro atoms. The third kappa shape index (κ3) is 4.34. The van der Waals surface area contributed by atoms with Crippen LogP contribution in [0.4, 0.5) is 0 Å². The number of benzene rings is 2. The Morgan fingerprint density at radius 2 is 1.73 bits per heavy atom. The zero-order valence-electron chi connectivity index (χ0n) is 13.3. The van der Waals surface area contributed by atoms with E-state index in [0.29, 0.717) is 15.3 Å². The van der Waals surface area contributed by atoms with E-state index >= 15 is 0 Å². The number of ketones is 1. The highest BCUT2D eigenvalue weighted by Crippen LogP contribution is 2.26. The first kappa shape index (κ1) is 19.1. The van der Waals surface area contributed by atoms with Crippen molar-refractivity contribution in [2.45, 2.75) is 11.4 Å². The molecule has 0 radical (unpaired) electrons. The summed E-state index contributed by atoms with van der Waals surface area (Å²) in [7, 11) is -3.82. The summed E-state index contributed by atoms with van der Waals surface area (Å²) in [5.74, 6) is -0.0948. The van der Waals surface area contributed by atoms with Crippen molar-refractivity contribution < 1.29 is 13.2 Å². The van der Waals surface area contributed by atoms with Gasteiger partial charge in [0.2, 0.25) is 15.8 Å². The minimum absolute atomic E-state index is 0.0535. The molecule has 0 saturated heterocycles. The Labute approximate surface area is 165 Å². The Morgan fingerprint density at radius 3 is 2.46 bits per heavy atom. The van der Waals surface area contributed by atoms with Crippen molar-refractivity contribution in [3.8, 4) is 0 Å². The maximum atomic E-state index is 12.4. The Kier molecular flexibility index (Phi) is 5.79. The molecule has 0 saturated carbocycles. The van der Waals surface area contributed by atoms with E-state index in [1.54, 1.807) is 36.4 Å². The Bertz CT molecular complexity index is 1050. The molecule has 3 rings (SSSR count). The van der Waals surface area contributed by atoms with Crippen LogP contribution < -0.4 is 4.72 Å². The van der Waals surface area contributed by atoms with Gasteiger partial charge in [0.05, 0.1) is 9.90 Å². The van der Waals surface area contributed by atoms with Gasteiger partial charge in [-0.1, -0.05) is 53.5 Å². The van der Waals surface area contributed by atoms with Crippen LogP contribution >= 0.6 is 34.5 Å². The number of nitrogens with one attached hydrogen (secondary N) is 1. The van der Waals surface area contributed by atoms with Gasteiger partial charge in [-0.05, 0) is 30.3 Å². The first-order valence-corrected chi connectivity index (χ1v) is 10.6. The Balaban J connectivity index is 1.74. The lowest BCUT2D eigenvalue weighted by molar-refractivity contribution is 0.104. The monoisotopic (exact) mass is 425 g/mol. The molecule has 0 aliphatic carbocycles. The first-order valence-electron chi connectivity index (χ1n) is 7.50. The van der Waals surface area contributed by atoms with Crippen LogP contribution in [0.15, 0.2) is 65.6 Å². The first-order chi connectivity index (χ1) is 12.4. The van der Waals surface area contributed by atoms with Gasteiger partial charge in [-0.2, -0.15) is 0 Å². The van der Waals surface area contributed by atoms with Crippen molar-refractivity contribution in [3.63, 3.8) is 0 Å². The number of carbonyl (C=O) groups is 1. The number of hydrogen-bond acceptors (Lipinski definition) is 4. The van der Waals surface area contributed by atoms with Gasteiger partial charge in [0.15, 0.2) is 0 Å². The number of rotatable bonds is 6. The molecule has 1 aromatic heterocycles. The van der Waals surface area contributed by atoms with Crippen LogP contribution in [0.25, 0.3) is 0 Å². The molecule has 8 heteroatoms. The molecule has 0 bridgehead atoms. The van der Waals surface area contributed by atoms with Gasteiger partial charge >= 0.3 is 0 Å². The highest BCUT2D eigenvalue weighted by atomic mass is 35.5. The van der Waals surface area contributed by atoms with Crippen LogP contribution in [0, 0.1) is 0 Å². The van der Waals surface area contributed by atoms with Gasteiger partial charge in [0.25, 0.3) is 0 Å². The Hall–Kier alpha value is -1.70. The largest absolute Gasteiger partial charge is 0.288 e. The molecule has 0 aliphatic heterocycles. The molecule has 1 N–H and O–H groups in total. The van der Waals surface area contributed by atoms with Gasteiger partial charge < -0.3 is 0 Å². The number of hydrogen-bond donors (Lipinski definition) is 1. The fraction of sp³-hybridized carbons (Fsp3) is 0.0556. The summed E-state index contributed by atoms with van der Waals surface area (Å²) in [6, 6.07) is 16.6. The molecule has 0 atom stereocenters. The fourth-order valence-electron chi connectivity index (χ4n) is 2.25. The van der Waals surface area contributed by atoms with Crippen LogP contribution in [0.1, 0.15) is 20.1 Å². The highest BCUT2D eigenvalue weighted by molar-refractivity contribution is 7.89. The normalized spacial score (nSPS) is 11.5. The lowest BCUT2D eigenvalue weighted by Gasteiger charge is -2.08. The maximum absolute atomic E-state index is 12.4. The van der Waals surface area contributed by atoms with Crippen LogP contribution in [0.2, 0.25) is 10.0 Å². The molecule has 0 aliphatic rings. The van der Waals surface area contributed by atoms with Crippen LogP contribution in [-0.2, 0) is 16.6 Å². The van der Waals surface area contributed by atoms with E-state index in [2.05, 4.69) is 4.72 Å². The van der Waals surface area contributed by atoms with Crippen molar-refractivity contribution in [3.05, 3.63) is 86.0 Å². The molecular weight excluding hydrogens is 413 g/mol. The van der Waals surface area contributed by atoms with E-state index in [-0.39, 0.29) is 27.3 Å². The third-order valence-corrected chi connectivity index (χ3v) is 6.74. The van der Waals surface area contributed by atoms with E-state index in [0.717, 1.165) is 0 Å². The van der Waals surface area contributed by atoms with E-state index in [1.165, 1.54) is 29.5 Å². The average Bonchev–Trinajstić information content (AvgIpc) is 3.11. The predicted octanol–water partition coefficient (Wildman–Crippen LogP) is 4.76. The molecular formula is C18H13Cl2NO3S2. The molecule has 3 aromatic rings. The molecule has 0 fully saturated rings. The predicted molar refractivity (Wildman–Crippen MR) is 105 cm³/mol. The third-order valence-electron chi connectivity index (χ3n) is 3.54. The summed E-state index contributed by atoms with van der Waals surface area (Å²) in [6.07, 6.45) is 0. The van der Waals surface area contributed by atoms with Gasteiger partial charge in [-0.15, -0.1) is 11.3 Å². The van der Waals surface area contributed by atoms with Crippen molar-refractivity contribution in [1.82, 2.24) is 4.72 Å². The van der Waals surface area contributed by atoms with Crippen LogP contribution in [-0.4, -0.2) is 14.2 Å². The topological polar surface area (TPSA) is 63.2 Å². The second-order valence-corrected chi connectivity index (χ2v) is 9.11. The molecule has 26 heavy (non-hydrogen) atoms. The second kappa shape index (κ2) is 7.90. The summed E-state index contributed by atoms with van der Waals surface area (Å²) in [6.45, 7) is 0.0535. The second-order valence-electron chi connectivity index (χ2n) is 5.36. The standard InChI is InChI=1S/C18H13Cl2NO3S2/c19-13-6-8-15(20)17(10-13)26(23,24)21-11-14-7-9-16(25-14)18(22)12-4-2-1-3-5-12/h1-10,21H,11H2. The minimum Gasteiger partial charge on any atom is -0.288 e. The van der Waals surface area contributed by atoms with Gasteiger partial charge in [0, 0.05) is 22.0 Å². The number of carbonyl (C=O) groups excluding carboxylic acids is 1. The minimum atomic E-state index is -3.82. The van der Waals surface area contributed by atoms with E-state index in [4.69, 9.17) is 23.2 Å². The van der Waals surface area contributed by atoms with E-state index in [1.807, 2.05) is 6.07 Å². The molecule has 1 heterocycles. The summed E-state index contributed by atoms with van der Waals surface area (Å²) >= 11 is 13.0. The van der Waals surface area contributed by atoms with Crippen molar-refractivity contribution in [1.29, 1.82) is 0 Å². The molecule has 0 unspecified atom stereocenters. The summed E-state index contributed by atoms with van der Waals surface area (Å²) in [4.78, 5) is 13.6. The molecule has 134 valence electrons. The SMILES string of the molecule is O=C(c1ccccc1)c1ccc(CNS(=O)(=O)c2cc(Cl)ccc2Cl)s1. The van der Waals surface area contributed by atoms with Crippen molar-refractivity contribution >= 4 is 50.3 Å². The van der Waals surface area contributed by atoms with Gasteiger partial charge in [-0.3, -0.25) is 4.79 Å². The molecule has 0 amide bonds. The smallest absolute Gasteiger partial charge is 0.242 e. The zero-order chi connectivity index (χ0) is 18.7. The summed E-state index contributed by atoms with van der Waals surface area (Å²) < 4.78 is 27.3. The zero-order valence-corrected chi connectivity index (χ0v) is 16.4. The number of halogens is 2. The van der Waals surface area contributed by atoms with E-state index in [9.17, 15) is 13.2 Å². The Morgan fingerprint density at radius 1 is 1.00 bits per heavy atom. The highest BCUT2D eigenvalue weighted by Gasteiger charge is 2.19. The summed E-state index contributed by atoms with van der Waals surface area (Å²) in [5, 5.41) is 0.370. The van der Waals surface area contributed by atoms with Gasteiger partial charge in [-0.25, -0.2) is 13.1 Å². The maximum Gasteiger partial charge on any atom is 0.242 e. The van der Waals surface area contributed by atoms with Crippen molar-refractivity contribution in [2.75, 3.05) is 0 Å². The van der Waals surface area contributed by atoms with Crippen LogP contribution in [0.3, 0.4) is 0 Å². The van der Waals surface area contributed by atoms with Crippen LogP contribution in [0.5, 0.6) is 0 Å². The number of sulfonamides is 1. The molecule has 4 nitrogen and oxygen atoms in total. The lowest BCUT2D eigenvalue weighted by atomic mass is 10.1. The molecule has 2 aromatic carbocycles. The number of thiophene rings is 1. The van der Waals surface area contributed by atoms with E-state index < -0.39 is 10.0 Å². The quantitative estimate of drug-likeness (QED) is 0.578. The summed E-state index contributed by atoms with van der Waals surface area (Å²) in [5.41, 5.74) is 0.590. The average molecular weight is 426 g/mol. The lowest BCUT2D eigenvalue weighted by Crippen LogP contribution is -2.23. The van der Waals surface area contributed by atoms with Gasteiger partial charge in [0.1, 0.15) is 4.90 Å².